The van der Waals surface area contributed by atoms with E-state index in [0.717, 1.165) is 0 Å². The number of hydrogen-bond donors (Lipinski definition) is 2. The summed E-state index contributed by atoms with van der Waals surface area (Å²) in [5.41, 5.74) is 2.34. The van der Waals surface area contributed by atoms with Crippen molar-refractivity contribution in [1.29, 1.82) is 0 Å². The first-order valence-corrected chi connectivity index (χ1v) is 12.9. The van der Waals surface area contributed by atoms with E-state index >= 15 is 0 Å². The lowest BCUT2D eigenvalue weighted by atomic mass is 9.96. The third-order valence-electron chi connectivity index (χ3n) is 6.70. The predicted molar refractivity (Wildman–Crippen MR) is 145 cm³/mol. The molecule has 2 aliphatic rings. The molecule has 214 valence electrons. The van der Waals surface area contributed by atoms with Gasteiger partial charge in [-0.1, -0.05) is 29.8 Å². The predicted octanol–water partition coefficient (Wildman–Crippen LogP) is 6.15. The van der Waals surface area contributed by atoms with E-state index in [1.807, 2.05) is 0 Å². The maximum Gasteiger partial charge on any atom is 0.573 e. The summed E-state index contributed by atoms with van der Waals surface area (Å²) in [7, 11) is 1.47. The van der Waals surface area contributed by atoms with E-state index in [9.17, 15) is 22.8 Å². The molecule has 5 rings (SSSR count). The van der Waals surface area contributed by atoms with Crippen molar-refractivity contribution in [2.24, 2.45) is 0 Å². The number of benzene rings is 3. The quantitative estimate of drug-likeness (QED) is 0.309. The van der Waals surface area contributed by atoms with Crippen LogP contribution < -0.4 is 24.4 Å². The number of carbonyl (C=O) groups is 2. The molecule has 1 unspecified atom stereocenters. The van der Waals surface area contributed by atoms with Crippen molar-refractivity contribution in [2.75, 3.05) is 23.9 Å². The molecule has 0 bridgehead atoms. The van der Waals surface area contributed by atoms with Crippen LogP contribution in [0.4, 0.5) is 24.5 Å². The molecule has 1 aliphatic heterocycles. The summed E-state index contributed by atoms with van der Waals surface area (Å²) in [5, 5.41) is 12.8. The normalized spacial score (nSPS) is 16.7. The maximum absolute atomic E-state index is 14.0. The lowest BCUT2D eigenvalue weighted by molar-refractivity contribution is -0.274. The van der Waals surface area contributed by atoms with Gasteiger partial charge in [-0.2, -0.15) is 0 Å². The highest BCUT2D eigenvalue weighted by atomic mass is 35.5. The van der Waals surface area contributed by atoms with Gasteiger partial charge in [-0.05, 0) is 41.8 Å². The monoisotopic (exact) mass is 588 g/mol. The molecule has 0 spiro atoms. The van der Waals surface area contributed by atoms with Gasteiger partial charge in [0.2, 0.25) is 0 Å². The van der Waals surface area contributed by atoms with Gasteiger partial charge in [0, 0.05) is 53.5 Å². The number of carbonyl (C=O) groups excluding carboxylic acids is 1. The minimum atomic E-state index is -4.87. The largest absolute Gasteiger partial charge is 0.573 e. The molecule has 1 amide bonds. The van der Waals surface area contributed by atoms with Crippen molar-refractivity contribution < 1.29 is 42.1 Å². The van der Waals surface area contributed by atoms with Crippen molar-refractivity contribution in [3.8, 4) is 17.2 Å². The number of carboxylic acid groups (broad SMARTS) is 1. The number of alkyl halides is 3. The zero-order chi connectivity index (χ0) is 29.3. The molecule has 2 N–H and O–H groups in total. The second-order valence-corrected chi connectivity index (χ2v) is 9.90. The first-order valence-electron chi connectivity index (χ1n) is 12.5. The van der Waals surface area contributed by atoms with Crippen LogP contribution in [0.3, 0.4) is 0 Å². The van der Waals surface area contributed by atoms with Gasteiger partial charge in [0.15, 0.2) is 0 Å². The van der Waals surface area contributed by atoms with Gasteiger partial charge >= 0.3 is 12.3 Å². The molecule has 0 fully saturated rings. The Kier molecular flexibility index (Phi) is 7.72. The summed E-state index contributed by atoms with van der Waals surface area (Å²) < 4.78 is 53.9. The van der Waals surface area contributed by atoms with Gasteiger partial charge in [-0.3, -0.25) is 4.79 Å². The molecular weight excluding hydrogens is 565 g/mol. The number of fused-ring (bicyclic) bond motifs is 1. The zero-order valence-corrected chi connectivity index (χ0v) is 22.3. The molecule has 0 radical (unpaired) electrons. The third kappa shape index (κ3) is 6.51. The fourth-order valence-corrected chi connectivity index (χ4v) is 4.83. The smallest absolute Gasteiger partial charge is 0.497 e. The zero-order valence-electron chi connectivity index (χ0n) is 21.6. The molecule has 2 atom stereocenters. The molecule has 41 heavy (non-hydrogen) atoms. The highest BCUT2D eigenvalue weighted by Gasteiger charge is 2.35. The van der Waals surface area contributed by atoms with Crippen LogP contribution in [0.5, 0.6) is 17.2 Å². The summed E-state index contributed by atoms with van der Waals surface area (Å²) in [5.74, 6) is -1.01. The van der Waals surface area contributed by atoms with Crippen LogP contribution in [-0.2, 0) is 16.0 Å². The van der Waals surface area contributed by atoms with Crippen molar-refractivity contribution in [3.63, 3.8) is 0 Å². The lowest BCUT2D eigenvalue weighted by Gasteiger charge is -2.27. The molecule has 12 heteroatoms. The second kappa shape index (κ2) is 11.2. The second-order valence-electron chi connectivity index (χ2n) is 9.46. The Balaban J connectivity index is 1.45. The molecule has 3 aromatic rings. The van der Waals surface area contributed by atoms with E-state index in [1.165, 1.54) is 36.3 Å². The van der Waals surface area contributed by atoms with Gasteiger partial charge in [-0.25, -0.2) is 4.79 Å². The summed E-state index contributed by atoms with van der Waals surface area (Å²) in [6.45, 7) is 0.266. The summed E-state index contributed by atoms with van der Waals surface area (Å²) in [6, 6.07) is 14.6. The van der Waals surface area contributed by atoms with Crippen molar-refractivity contribution in [2.45, 2.75) is 31.3 Å². The van der Waals surface area contributed by atoms with E-state index in [1.54, 1.807) is 42.5 Å². The number of anilines is 2. The number of halogens is 4. The van der Waals surface area contributed by atoms with Gasteiger partial charge < -0.3 is 29.5 Å². The van der Waals surface area contributed by atoms with Gasteiger partial charge in [0.25, 0.3) is 5.91 Å². The Bertz CT molecular complexity index is 1510. The molecule has 0 saturated carbocycles. The fourth-order valence-electron chi connectivity index (χ4n) is 4.71. The number of carboxylic acids is 1. The number of methoxy groups -OCH3 is 1. The summed E-state index contributed by atoms with van der Waals surface area (Å²) in [4.78, 5) is 26.5. The van der Waals surface area contributed by atoms with E-state index in [4.69, 9.17) is 26.2 Å². The summed E-state index contributed by atoms with van der Waals surface area (Å²) in [6.07, 6.45) is -3.08. The minimum Gasteiger partial charge on any atom is -0.497 e. The molecule has 8 nitrogen and oxygen atoms in total. The Morgan fingerprint density at radius 3 is 2.41 bits per heavy atom. The topological polar surface area (TPSA) is 97.3 Å². The standard InChI is InChI=1S/C29H24ClF3N2O6/c1-39-22-12-20(13-24(14-22)40-23-10-18(11-23)28(37)38)34-26(17-2-5-19(30)6-3-17)27(36)35-9-8-16-4-7-21(15-25(16)35)41-29(31,32)33/h2-7,10,12-15,23,26,34H,8-9,11H2,1H3,(H,37,38)/t23-,26?/m1/s1. The fraction of sp³-hybridized carbons (Fsp3) is 0.241. The van der Waals surface area contributed by atoms with Crippen LogP contribution in [0.1, 0.15) is 23.6 Å². The van der Waals surface area contributed by atoms with Crippen molar-refractivity contribution >= 4 is 34.9 Å². The molecule has 1 aliphatic carbocycles. The SMILES string of the molecule is COc1cc(NC(C(=O)N2CCc3ccc(OC(F)(F)F)cc32)c2ccc(Cl)cc2)cc(O[C@@H]2C=C(C(=O)O)C2)c1. The number of nitrogens with zero attached hydrogens (tertiary/aromatic N) is 1. The van der Waals surface area contributed by atoms with Crippen LogP contribution in [0.25, 0.3) is 0 Å². The highest BCUT2D eigenvalue weighted by Crippen LogP contribution is 2.37. The minimum absolute atomic E-state index is 0.246. The van der Waals surface area contributed by atoms with Crippen LogP contribution >= 0.6 is 11.6 Å². The van der Waals surface area contributed by atoms with Crippen LogP contribution in [0.2, 0.25) is 5.02 Å². The number of hydrogen-bond acceptors (Lipinski definition) is 6. The van der Waals surface area contributed by atoms with E-state index < -0.39 is 36.1 Å². The average Bonchev–Trinajstić information content (AvgIpc) is 3.31. The van der Waals surface area contributed by atoms with Crippen molar-refractivity contribution in [3.05, 3.63) is 88.5 Å². The Morgan fingerprint density at radius 1 is 1.05 bits per heavy atom. The van der Waals surface area contributed by atoms with Crippen LogP contribution in [0.15, 0.2) is 72.3 Å². The van der Waals surface area contributed by atoms with Gasteiger partial charge in [-0.15, -0.1) is 13.2 Å². The highest BCUT2D eigenvalue weighted by molar-refractivity contribution is 6.30. The molecule has 0 saturated heterocycles. The Labute approximate surface area is 237 Å². The van der Waals surface area contributed by atoms with Crippen molar-refractivity contribution in [1.82, 2.24) is 0 Å². The first-order chi connectivity index (χ1) is 19.5. The van der Waals surface area contributed by atoms with E-state index in [2.05, 4.69) is 10.1 Å². The van der Waals surface area contributed by atoms with Crippen LogP contribution in [-0.4, -0.2) is 43.1 Å². The lowest BCUT2D eigenvalue weighted by Crippen LogP contribution is -2.37. The average molecular weight is 589 g/mol. The molecule has 3 aromatic carbocycles. The first kappa shape index (κ1) is 28.2. The van der Waals surface area contributed by atoms with Gasteiger partial charge in [0.05, 0.1) is 12.8 Å². The van der Waals surface area contributed by atoms with E-state index in [0.29, 0.717) is 45.4 Å². The number of amides is 1. The summed E-state index contributed by atoms with van der Waals surface area (Å²) >= 11 is 6.08. The number of rotatable bonds is 9. The van der Waals surface area contributed by atoms with E-state index in [-0.39, 0.29) is 18.5 Å². The maximum atomic E-state index is 14.0. The number of aliphatic carboxylic acids is 1. The number of ether oxygens (including phenoxy) is 3. The molecular formula is C29H24ClF3N2O6. The Hall–Kier alpha value is -4.38. The number of nitrogens with one attached hydrogen (secondary N) is 1. The third-order valence-corrected chi connectivity index (χ3v) is 6.95. The van der Waals surface area contributed by atoms with Crippen LogP contribution in [0, 0.1) is 0 Å². The molecule has 1 heterocycles. The van der Waals surface area contributed by atoms with Gasteiger partial charge in [0.1, 0.15) is 29.4 Å². The molecule has 0 aromatic heterocycles. The Morgan fingerprint density at radius 2 is 1.76 bits per heavy atom.